The Bertz CT molecular complexity index is 550. The zero-order chi connectivity index (χ0) is 11.7. The van der Waals surface area contributed by atoms with Gasteiger partial charge in [-0.05, 0) is 19.4 Å². The molecule has 2 rings (SSSR count). The number of hydrogen-bond donors (Lipinski definition) is 0. The number of esters is 1. The number of pyridine rings is 1. The molecule has 5 heteroatoms. The van der Waals surface area contributed by atoms with Crippen LogP contribution in [0.1, 0.15) is 22.8 Å². The van der Waals surface area contributed by atoms with Crippen LogP contribution in [0, 0.1) is 6.92 Å². The maximum absolute atomic E-state index is 11.7. The lowest BCUT2D eigenvalue weighted by Gasteiger charge is -2.01. The molecule has 2 heterocycles. The third kappa shape index (κ3) is 1.79. The van der Waals surface area contributed by atoms with E-state index in [-0.39, 0.29) is 5.97 Å². The number of hydrogen-bond acceptors (Lipinski definition) is 4. The van der Waals surface area contributed by atoms with Crippen molar-refractivity contribution in [2.45, 2.75) is 13.8 Å². The van der Waals surface area contributed by atoms with Gasteiger partial charge in [0.25, 0.3) is 0 Å². The highest BCUT2D eigenvalue weighted by Crippen LogP contribution is 2.35. The van der Waals surface area contributed by atoms with Crippen LogP contribution < -0.4 is 0 Å². The summed E-state index contributed by atoms with van der Waals surface area (Å²) in [7, 11) is 0. The Labute approximate surface area is 102 Å². The summed E-state index contributed by atoms with van der Waals surface area (Å²) in [5.41, 5.74) is 1.44. The Balaban J connectivity index is 2.62. The van der Waals surface area contributed by atoms with Gasteiger partial charge in [-0.3, -0.25) is 4.98 Å². The predicted molar refractivity (Wildman–Crippen MR) is 65.3 cm³/mol. The average molecular weight is 256 g/mol. The fourth-order valence-corrected chi connectivity index (χ4v) is 2.79. The van der Waals surface area contributed by atoms with Gasteiger partial charge in [0.05, 0.1) is 21.2 Å². The molecule has 0 saturated heterocycles. The number of ether oxygens (including phenoxy) is 1. The van der Waals surface area contributed by atoms with E-state index in [1.807, 2.05) is 6.92 Å². The highest BCUT2D eigenvalue weighted by molar-refractivity contribution is 7.23. The number of fused-ring (bicyclic) bond motifs is 1. The molecule has 0 atom stereocenters. The molecule has 0 aromatic carbocycles. The lowest BCUT2D eigenvalue weighted by atomic mass is 10.2. The minimum absolute atomic E-state index is 0.349. The van der Waals surface area contributed by atoms with Crippen LogP contribution in [0.15, 0.2) is 12.4 Å². The fraction of sp³-hybridized carbons (Fsp3) is 0.273. The van der Waals surface area contributed by atoms with E-state index in [1.54, 1.807) is 13.1 Å². The largest absolute Gasteiger partial charge is 0.462 e. The van der Waals surface area contributed by atoms with Crippen LogP contribution in [0.3, 0.4) is 0 Å². The van der Waals surface area contributed by atoms with Gasteiger partial charge in [0.1, 0.15) is 0 Å². The normalized spacial score (nSPS) is 10.7. The molecule has 0 aliphatic heterocycles. The monoisotopic (exact) mass is 255 g/mol. The lowest BCUT2D eigenvalue weighted by molar-refractivity contribution is 0.0528. The third-order valence-corrected chi connectivity index (χ3v) is 3.93. The van der Waals surface area contributed by atoms with Crippen LogP contribution in [-0.2, 0) is 4.74 Å². The minimum atomic E-state index is -0.349. The van der Waals surface area contributed by atoms with Crippen LogP contribution in [0.4, 0.5) is 0 Å². The van der Waals surface area contributed by atoms with Crippen LogP contribution >= 0.6 is 22.9 Å². The number of aromatic nitrogens is 1. The summed E-state index contributed by atoms with van der Waals surface area (Å²) in [6.45, 7) is 4.04. The highest BCUT2D eigenvalue weighted by atomic mass is 35.5. The zero-order valence-electron chi connectivity index (χ0n) is 8.91. The third-order valence-electron chi connectivity index (χ3n) is 2.28. The predicted octanol–water partition coefficient (Wildman–Crippen LogP) is 3.43. The SMILES string of the molecule is CCOC(=O)c1cncc2c(C)c(Cl)sc12. The Kier molecular flexibility index (Phi) is 3.12. The summed E-state index contributed by atoms with van der Waals surface area (Å²) in [6, 6.07) is 0. The van der Waals surface area contributed by atoms with Crippen molar-refractivity contribution in [1.29, 1.82) is 0 Å². The van der Waals surface area contributed by atoms with Gasteiger partial charge in [0.2, 0.25) is 0 Å². The van der Waals surface area contributed by atoms with Gasteiger partial charge in [-0.1, -0.05) is 11.6 Å². The first kappa shape index (κ1) is 11.4. The Hall–Kier alpha value is -1.13. The van der Waals surface area contributed by atoms with Crippen molar-refractivity contribution < 1.29 is 9.53 Å². The second-order valence-corrected chi connectivity index (χ2v) is 4.91. The quantitative estimate of drug-likeness (QED) is 0.772. The molecule has 0 radical (unpaired) electrons. The van der Waals surface area contributed by atoms with E-state index in [0.29, 0.717) is 16.5 Å². The summed E-state index contributed by atoms with van der Waals surface area (Å²) in [6.07, 6.45) is 3.24. The number of aryl methyl sites for hydroxylation is 1. The smallest absolute Gasteiger partial charge is 0.341 e. The van der Waals surface area contributed by atoms with Crippen LogP contribution in [0.25, 0.3) is 10.1 Å². The van der Waals surface area contributed by atoms with E-state index in [4.69, 9.17) is 16.3 Å². The van der Waals surface area contributed by atoms with Gasteiger partial charge in [0.15, 0.2) is 0 Å². The summed E-state index contributed by atoms with van der Waals surface area (Å²) in [5.74, 6) is -0.349. The van der Waals surface area contributed by atoms with Gasteiger partial charge in [-0.2, -0.15) is 0 Å². The molecule has 0 amide bonds. The first-order valence-electron chi connectivity index (χ1n) is 4.85. The van der Waals surface area contributed by atoms with Gasteiger partial charge in [-0.25, -0.2) is 4.79 Å². The molecule has 0 unspecified atom stereocenters. The molecule has 0 aliphatic carbocycles. The maximum Gasteiger partial charge on any atom is 0.341 e. The number of thiophene rings is 1. The maximum atomic E-state index is 11.7. The average Bonchev–Trinajstić information content (AvgIpc) is 2.55. The first-order chi connectivity index (χ1) is 7.65. The van der Waals surface area contributed by atoms with E-state index < -0.39 is 0 Å². The molecule has 0 aliphatic rings. The molecule has 0 bridgehead atoms. The highest BCUT2D eigenvalue weighted by Gasteiger charge is 2.16. The molecule has 3 nitrogen and oxygen atoms in total. The number of nitrogens with zero attached hydrogens (tertiary/aromatic N) is 1. The van der Waals surface area contributed by atoms with Crippen molar-refractivity contribution in [2.24, 2.45) is 0 Å². The van der Waals surface area contributed by atoms with Crippen LogP contribution in [0.2, 0.25) is 4.34 Å². The molecule has 0 saturated carbocycles. The van der Waals surface area contributed by atoms with Crippen molar-refractivity contribution in [1.82, 2.24) is 4.98 Å². The van der Waals surface area contributed by atoms with Gasteiger partial charge in [0, 0.05) is 17.8 Å². The lowest BCUT2D eigenvalue weighted by Crippen LogP contribution is -2.05. The molecule has 16 heavy (non-hydrogen) atoms. The van der Waals surface area contributed by atoms with Gasteiger partial charge in [-0.15, -0.1) is 11.3 Å². The second-order valence-electron chi connectivity index (χ2n) is 3.28. The molecule has 2 aromatic heterocycles. The summed E-state index contributed by atoms with van der Waals surface area (Å²) in [5, 5.41) is 0.917. The summed E-state index contributed by atoms with van der Waals surface area (Å²) < 4.78 is 6.50. The topological polar surface area (TPSA) is 39.2 Å². The first-order valence-corrected chi connectivity index (χ1v) is 6.04. The number of carbonyl (C=O) groups excluding carboxylic acids is 1. The summed E-state index contributed by atoms with van der Waals surface area (Å²) >= 11 is 7.43. The number of rotatable bonds is 2. The molecular formula is C11H10ClNO2S. The molecule has 0 N–H and O–H groups in total. The zero-order valence-corrected chi connectivity index (χ0v) is 10.5. The Morgan fingerprint density at radius 1 is 1.56 bits per heavy atom. The van der Waals surface area contributed by atoms with E-state index in [9.17, 15) is 4.79 Å². The standard InChI is InChI=1S/C11H10ClNO2S/c1-3-15-11(14)8-5-13-4-7-6(2)10(12)16-9(7)8/h4-5H,3H2,1-2H3. The van der Waals surface area contributed by atoms with Crippen molar-refractivity contribution >= 4 is 39.0 Å². The van der Waals surface area contributed by atoms with E-state index in [1.165, 1.54) is 17.5 Å². The van der Waals surface area contributed by atoms with Gasteiger partial charge >= 0.3 is 5.97 Å². The van der Waals surface area contributed by atoms with Crippen LogP contribution in [-0.4, -0.2) is 17.6 Å². The molecular weight excluding hydrogens is 246 g/mol. The van der Waals surface area contributed by atoms with Crippen molar-refractivity contribution in [2.75, 3.05) is 6.61 Å². The van der Waals surface area contributed by atoms with Crippen molar-refractivity contribution in [3.8, 4) is 0 Å². The molecule has 0 fully saturated rings. The second kappa shape index (κ2) is 4.39. The Morgan fingerprint density at radius 3 is 3.00 bits per heavy atom. The van der Waals surface area contributed by atoms with Gasteiger partial charge < -0.3 is 4.74 Å². The fourth-order valence-electron chi connectivity index (χ4n) is 1.45. The summed E-state index contributed by atoms with van der Waals surface area (Å²) in [4.78, 5) is 15.7. The molecule has 2 aromatic rings. The minimum Gasteiger partial charge on any atom is -0.462 e. The van der Waals surface area contributed by atoms with Crippen molar-refractivity contribution in [3.05, 3.63) is 27.9 Å². The van der Waals surface area contributed by atoms with E-state index >= 15 is 0 Å². The van der Waals surface area contributed by atoms with Crippen molar-refractivity contribution in [3.63, 3.8) is 0 Å². The van der Waals surface area contributed by atoms with Crippen LogP contribution in [0.5, 0.6) is 0 Å². The molecule has 84 valence electrons. The Morgan fingerprint density at radius 2 is 2.31 bits per heavy atom. The number of halogens is 1. The van der Waals surface area contributed by atoms with E-state index in [2.05, 4.69) is 4.98 Å². The van der Waals surface area contributed by atoms with E-state index in [0.717, 1.165) is 15.6 Å². The number of carbonyl (C=O) groups is 1. The molecule has 0 spiro atoms.